The van der Waals surface area contributed by atoms with Crippen LogP contribution in [0.1, 0.15) is 19.4 Å². The second kappa shape index (κ2) is 7.45. The molecule has 30 heavy (non-hydrogen) atoms. The minimum atomic E-state index is -0.421. The Morgan fingerprint density at radius 3 is 2.87 bits per heavy atom. The molecule has 0 saturated heterocycles. The van der Waals surface area contributed by atoms with E-state index in [9.17, 15) is 5.11 Å². The number of hydrogen-bond donors (Lipinski definition) is 3. The van der Waals surface area contributed by atoms with Gasteiger partial charge < -0.3 is 21.1 Å². The van der Waals surface area contributed by atoms with E-state index in [2.05, 4.69) is 44.6 Å². The Morgan fingerprint density at radius 2 is 2.00 bits per heavy atom. The maximum absolute atomic E-state index is 10.9. The topological polar surface area (TPSA) is 116 Å². The van der Waals surface area contributed by atoms with Crippen LogP contribution in [-0.2, 0) is 0 Å². The first-order chi connectivity index (χ1) is 14.5. The van der Waals surface area contributed by atoms with Gasteiger partial charge in [-0.1, -0.05) is 13.0 Å². The highest BCUT2D eigenvalue weighted by atomic mass is 32.2. The first-order valence-corrected chi connectivity index (χ1v) is 11.0. The summed E-state index contributed by atoms with van der Waals surface area (Å²) in [6.07, 6.45) is 3.79. The van der Waals surface area contributed by atoms with Crippen molar-refractivity contribution >= 4 is 45.3 Å². The van der Waals surface area contributed by atoms with E-state index in [1.165, 1.54) is 6.33 Å². The highest BCUT2D eigenvalue weighted by Crippen LogP contribution is 2.44. The molecule has 5 rings (SSSR count). The number of thioether (sulfide) groups is 1. The number of fused-ring (bicyclic) bond motifs is 2. The Bertz CT molecular complexity index is 1220. The van der Waals surface area contributed by atoms with E-state index < -0.39 is 6.10 Å². The first-order valence-electron chi connectivity index (χ1n) is 10.1. The second-order valence-electron chi connectivity index (χ2n) is 8.03. The lowest BCUT2D eigenvalue weighted by molar-refractivity contribution is 0.127. The fraction of sp³-hybridized carbons (Fsp3) is 0.318. The second-order valence-corrected chi connectivity index (χ2v) is 9.13. The number of nitrogens with zero attached hydrogens (tertiary/aromatic N) is 4. The fourth-order valence-corrected chi connectivity index (χ4v) is 5.79. The third-order valence-corrected chi connectivity index (χ3v) is 7.41. The molecule has 154 valence electrons. The number of benzene rings is 1. The number of rotatable bonds is 4. The molecule has 0 radical (unpaired) electrons. The molecule has 1 saturated carbocycles. The molecule has 7 nitrogen and oxygen atoms in total. The number of aromatic nitrogens is 4. The lowest BCUT2D eigenvalue weighted by atomic mass is 9.97. The van der Waals surface area contributed by atoms with Gasteiger partial charge in [0.15, 0.2) is 0 Å². The third kappa shape index (κ3) is 3.26. The molecular formula is C22H24N6OS. The zero-order chi connectivity index (χ0) is 20.8. The summed E-state index contributed by atoms with van der Waals surface area (Å²) < 4.78 is 2.07. The molecule has 4 aromatic rings. The summed E-state index contributed by atoms with van der Waals surface area (Å²) in [7, 11) is 0. The molecule has 8 heteroatoms. The van der Waals surface area contributed by atoms with Crippen LogP contribution >= 0.6 is 11.8 Å². The van der Waals surface area contributed by atoms with E-state index in [0.717, 1.165) is 39.0 Å². The Morgan fingerprint density at radius 1 is 1.17 bits per heavy atom. The molecule has 0 bridgehead atoms. The van der Waals surface area contributed by atoms with Gasteiger partial charge in [0.25, 0.3) is 0 Å². The maximum atomic E-state index is 10.9. The van der Waals surface area contributed by atoms with E-state index in [1.807, 2.05) is 24.4 Å². The summed E-state index contributed by atoms with van der Waals surface area (Å²) in [4.78, 5) is 14.1. The number of nitrogen functional groups attached to an aromatic ring is 2. The van der Waals surface area contributed by atoms with Crippen LogP contribution in [0.2, 0.25) is 0 Å². The molecule has 1 fully saturated rings. The average molecular weight is 421 g/mol. The minimum absolute atomic E-state index is 0.0273. The monoisotopic (exact) mass is 420 g/mol. The smallest absolute Gasteiger partial charge is 0.145 e. The molecule has 1 aliphatic rings. The van der Waals surface area contributed by atoms with Gasteiger partial charge in [-0.15, -0.1) is 11.8 Å². The summed E-state index contributed by atoms with van der Waals surface area (Å²) in [5, 5.41) is 12.8. The quantitative estimate of drug-likeness (QED) is 0.433. The normalized spacial score (nSPS) is 24.1. The molecule has 1 aromatic carbocycles. The first kappa shape index (κ1) is 19.1. The van der Waals surface area contributed by atoms with Gasteiger partial charge in [0.2, 0.25) is 0 Å². The summed E-state index contributed by atoms with van der Waals surface area (Å²) in [6, 6.07) is 12.0. The highest BCUT2D eigenvalue weighted by Gasteiger charge is 2.41. The molecule has 4 atom stereocenters. The fourth-order valence-electron chi connectivity index (χ4n) is 4.59. The summed E-state index contributed by atoms with van der Waals surface area (Å²) >= 11 is 1.80. The minimum Gasteiger partial charge on any atom is -0.391 e. The number of anilines is 2. The Kier molecular flexibility index (Phi) is 4.75. The lowest BCUT2D eigenvalue weighted by Gasteiger charge is -2.24. The van der Waals surface area contributed by atoms with Gasteiger partial charge in [0.1, 0.15) is 23.6 Å². The van der Waals surface area contributed by atoms with Crippen molar-refractivity contribution in [3.63, 3.8) is 0 Å². The summed E-state index contributed by atoms with van der Waals surface area (Å²) in [5.41, 5.74) is 13.5. The van der Waals surface area contributed by atoms with Crippen molar-refractivity contribution < 1.29 is 5.11 Å². The van der Waals surface area contributed by atoms with E-state index in [1.54, 1.807) is 11.8 Å². The van der Waals surface area contributed by atoms with E-state index in [4.69, 9.17) is 11.5 Å². The lowest BCUT2D eigenvalue weighted by Crippen LogP contribution is -2.23. The number of pyridine rings is 1. The van der Waals surface area contributed by atoms with Crippen LogP contribution in [0.4, 0.5) is 11.6 Å². The van der Waals surface area contributed by atoms with Crippen molar-refractivity contribution in [2.45, 2.75) is 30.4 Å². The molecule has 3 heterocycles. The zero-order valence-corrected chi connectivity index (χ0v) is 17.5. The predicted octanol–water partition coefficient (Wildman–Crippen LogP) is 3.49. The molecule has 0 aliphatic heterocycles. The van der Waals surface area contributed by atoms with Gasteiger partial charge in [-0.25, -0.2) is 15.0 Å². The van der Waals surface area contributed by atoms with Gasteiger partial charge >= 0.3 is 0 Å². The molecule has 1 aliphatic carbocycles. The summed E-state index contributed by atoms with van der Waals surface area (Å²) in [6.45, 7) is 2.21. The van der Waals surface area contributed by atoms with Crippen LogP contribution in [0.15, 0.2) is 53.8 Å². The van der Waals surface area contributed by atoms with Gasteiger partial charge in [-0.05, 0) is 48.6 Å². The van der Waals surface area contributed by atoms with Crippen LogP contribution in [0.3, 0.4) is 0 Å². The molecule has 5 N–H and O–H groups in total. The van der Waals surface area contributed by atoms with E-state index in [-0.39, 0.29) is 6.04 Å². The van der Waals surface area contributed by atoms with Crippen LogP contribution in [0, 0.1) is 11.8 Å². The number of aliphatic hydroxyl groups is 1. The molecule has 0 amide bonds. The van der Waals surface area contributed by atoms with Crippen molar-refractivity contribution in [1.29, 1.82) is 0 Å². The molecule has 3 aromatic heterocycles. The number of hydrogen-bond acceptors (Lipinski definition) is 7. The van der Waals surface area contributed by atoms with Gasteiger partial charge in [0, 0.05) is 22.2 Å². The van der Waals surface area contributed by atoms with Crippen LogP contribution in [-0.4, -0.2) is 36.5 Å². The van der Waals surface area contributed by atoms with Gasteiger partial charge in [-0.3, -0.25) is 0 Å². The number of aliphatic hydroxyl groups excluding tert-OH is 1. The van der Waals surface area contributed by atoms with E-state index >= 15 is 0 Å². The molecule has 2 unspecified atom stereocenters. The van der Waals surface area contributed by atoms with E-state index in [0.29, 0.717) is 23.5 Å². The Hall–Kier alpha value is -2.84. The Labute approximate surface area is 178 Å². The predicted molar refractivity (Wildman–Crippen MR) is 121 cm³/mol. The Balaban J connectivity index is 1.35. The SMILES string of the molecule is C[C@H]1C(CSc2ccc3ccc(N)nc3c2)C[C@@H](O)C1n1ccc2c(N)ncnc21. The van der Waals surface area contributed by atoms with Crippen molar-refractivity contribution in [2.24, 2.45) is 11.8 Å². The van der Waals surface area contributed by atoms with Crippen molar-refractivity contribution in [3.05, 3.63) is 48.9 Å². The van der Waals surface area contributed by atoms with Crippen LogP contribution in [0.5, 0.6) is 0 Å². The standard InChI is InChI=1S/C22H24N6OS/c1-12-14(10-30-15-4-2-13-3-5-19(23)27-17(13)9-15)8-18(29)20(12)28-7-6-16-21(24)25-11-26-22(16)28/h2-7,9,11-12,14,18,20,29H,8,10H2,1H3,(H2,23,27)(H2,24,25,26)/t12-,14?,18+,20?/m0/s1. The van der Waals surface area contributed by atoms with Crippen molar-refractivity contribution in [1.82, 2.24) is 19.5 Å². The van der Waals surface area contributed by atoms with Crippen molar-refractivity contribution in [2.75, 3.05) is 17.2 Å². The highest BCUT2D eigenvalue weighted by molar-refractivity contribution is 7.99. The van der Waals surface area contributed by atoms with Crippen LogP contribution in [0.25, 0.3) is 21.9 Å². The van der Waals surface area contributed by atoms with Crippen molar-refractivity contribution in [3.8, 4) is 0 Å². The molecular weight excluding hydrogens is 396 g/mol. The number of nitrogens with two attached hydrogens (primary N) is 2. The third-order valence-electron chi connectivity index (χ3n) is 6.23. The maximum Gasteiger partial charge on any atom is 0.145 e. The zero-order valence-electron chi connectivity index (χ0n) is 16.6. The molecule has 0 spiro atoms. The average Bonchev–Trinajstić information content (AvgIpc) is 3.27. The van der Waals surface area contributed by atoms with Gasteiger partial charge in [0.05, 0.1) is 23.0 Å². The van der Waals surface area contributed by atoms with Gasteiger partial charge in [-0.2, -0.15) is 0 Å². The largest absolute Gasteiger partial charge is 0.391 e. The summed E-state index contributed by atoms with van der Waals surface area (Å²) in [5.74, 6) is 2.61. The van der Waals surface area contributed by atoms with Crippen LogP contribution < -0.4 is 11.5 Å².